The summed E-state index contributed by atoms with van der Waals surface area (Å²) in [5, 5.41) is 0. The third-order valence-electron chi connectivity index (χ3n) is 3.51. The van der Waals surface area contributed by atoms with Crippen LogP contribution in [0.5, 0.6) is 0 Å². The van der Waals surface area contributed by atoms with Crippen LogP contribution in [0, 0.1) is 17.8 Å². The lowest BCUT2D eigenvalue weighted by Crippen LogP contribution is -2.44. The summed E-state index contributed by atoms with van der Waals surface area (Å²) in [5.74, 6) is 1.82. The molecule has 78 valence electrons. The quantitative estimate of drug-likeness (QED) is 0.660. The molecule has 2 nitrogen and oxygen atoms in total. The van der Waals surface area contributed by atoms with Crippen LogP contribution in [0.4, 0.5) is 0 Å². The minimum Gasteiger partial charge on any atom is -0.353 e. The lowest BCUT2D eigenvalue weighted by Gasteiger charge is -2.42. The maximum absolute atomic E-state index is 5.80. The van der Waals surface area contributed by atoms with Gasteiger partial charge >= 0.3 is 0 Å². The zero-order valence-electron chi connectivity index (χ0n) is 9.41. The molecule has 1 fully saturated rings. The van der Waals surface area contributed by atoms with E-state index in [1.54, 1.807) is 0 Å². The average Bonchev–Trinajstić information content (AvgIpc) is 2.11. The van der Waals surface area contributed by atoms with Crippen molar-refractivity contribution in [2.75, 3.05) is 6.61 Å². The van der Waals surface area contributed by atoms with Crippen LogP contribution in [0.15, 0.2) is 0 Å². The molecule has 1 heterocycles. The third kappa shape index (κ3) is 2.23. The van der Waals surface area contributed by atoms with Crippen molar-refractivity contribution in [3.8, 4) is 0 Å². The molecule has 1 aliphatic heterocycles. The second kappa shape index (κ2) is 4.43. The van der Waals surface area contributed by atoms with Crippen molar-refractivity contribution in [1.82, 2.24) is 0 Å². The molecule has 0 aromatic carbocycles. The molecule has 0 radical (unpaired) electrons. The van der Waals surface area contributed by atoms with E-state index in [2.05, 4.69) is 27.7 Å². The van der Waals surface area contributed by atoms with Gasteiger partial charge in [-0.3, -0.25) is 0 Å². The Morgan fingerprint density at radius 1 is 1.00 bits per heavy atom. The zero-order valence-corrected chi connectivity index (χ0v) is 9.41. The van der Waals surface area contributed by atoms with Crippen molar-refractivity contribution >= 4 is 0 Å². The van der Waals surface area contributed by atoms with E-state index in [9.17, 15) is 0 Å². The molecular weight excluding hydrogens is 164 g/mol. The van der Waals surface area contributed by atoms with Crippen molar-refractivity contribution in [2.45, 2.75) is 47.0 Å². The monoisotopic (exact) mass is 186 g/mol. The summed E-state index contributed by atoms with van der Waals surface area (Å²) in [6.45, 7) is 11.7. The summed E-state index contributed by atoms with van der Waals surface area (Å²) < 4.78 is 11.4. The Morgan fingerprint density at radius 2 is 1.62 bits per heavy atom. The summed E-state index contributed by atoms with van der Waals surface area (Å²) >= 11 is 0. The van der Waals surface area contributed by atoms with E-state index in [-0.39, 0.29) is 6.29 Å². The molecule has 0 bridgehead atoms. The minimum atomic E-state index is 0.00574. The first-order valence-corrected chi connectivity index (χ1v) is 5.35. The summed E-state index contributed by atoms with van der Waals surface area (Å²) in [5.41, 5.74) is 0. The van der Waals surface area contributed by atoms with Crippen LogP contribution in [-0.4, -0.2) is 19.0 Å². The van der Waals surface area contributed by atoms with Gasteiger partial charge in [0.2, 0.25) is 0 Å². The van der Waals surface area contributed by atoms with Gasteiger partial charge < -0.3 is 9.47 Å². The average molecular weight is 186 g/mol. The molecule has 5 atom stereocenters. The molecular formula is C11H22O2. The second-order valence-electron chi connectivity index (χ2n) is 4.24. The first-order chi connectivity index (χ1) is 6.07. The maximum atomic E-state index is 5.80. The molecule has 5 unspecified atom stereocenters. The summed E-state index contributed by atoms with van der Waals surface area (Å²) in [7, 11) is 0. The van der Waals surface area contributed by atoms with Crippen molar-refractivity contribution in [3.05, 3.63) is 0 Å². The Labute approximate surface area is 81.6 Å². The van der Waals surface area contributed by atoms with E-state index in [4.69, 9.17) is 9.47 Å². The summed E-state index contributed by atoms with van der Waals surface area (Å²) in [4.78, 5) is 0. The molecule has 0 aliphatic carbocycles. The van der Waals surface area contributed by atoms with Crippen molar-refractivity contribution in [3.63, 3.8) is 0 Å². The highest BCUT2D eigenvalue weighted by Crippen LogP contribution is 2.34. The number of hydrogen-bond acceptors (Lipinski definition) is 2. The van der Waals surface area contributed by atoms with Crippen LogP contribution < -0.4 is 0 Å². The number of ether oxygens (including phenoxy) is 2. The van der Waals surface area contributed by atoms with Crippen LogP contribution in [-0.2, 0) is 9.47 Å². The Balaban J connectivity index is 2.59. The minimum absolute atomic E-state index is 0.00574. The summed E-state index contributed by atoms with van der Waals surface area (Å²) in [6, 6.07) is 0. The molecule has 0 aromatic heterocycles. The van der Waals surface area contributed by atoms with Gasteiger partial charge in [-0.2, -0.15) is 0 Å². The highest BCUT2D eigenvalue weighted by molar-refractivity contribution is 4.80. The predicted molar refractivity (Wildman–Crippen MR) is 53.5 cm³/mol. The molecule has 0 aromatic rings. The number of hydrogen-bond donors (Lipinski definition) is 0. The number of rotatable bonds is 2. The molecule has 1 aliphatic rings. The van der Waals surface area contributed by atoms with Crippen molar-refractivity contribution in [1.29, 1.82) is 0 Å². The van der Waals surface area contributed by atoms with E-state index in [1.165, 1.54) is 0 Å². The Bertz CT molecular complexity index is 158. The molecule has 13 heavy (non-hydrogen) atoms. The lowest BCUT2D eigenvalue weighted by atomic mass is 9.79. The van der Waals surface area contributed by atoms with Crippen LogP contribution in [0.2, 0.25) is 0 Å². The predicted octanol–water partition coefficient (Wildman–Crippen LogP) is 2.68. The van der Waals surface area contributed by atoms with Crippen LogP contribution >= 0.6 is 0 Å². The molecule has 1 saturated heterocycles. The smallest absolute Gasteiger partial charge is 0.160 e. The molecule has 2 heteroatoms. The van der Waals surface area contributed by atoms with Gasteiger partial charge in [0, 0.05) is 12.5 Å². The van der Waals surface area contributed by atoms with Crippen molar-refractivity contribution < 1.29 is 9.47 Å². The van der Waals surface area contributed by atoms with Gasteiger partial charge in [-0.15, -0.1) is 0 Å². The van der Waals surface area contributed by atoms with Gasteiger partial charge in [-0.1, -0.05) is 20.8 Å². The van der Waals surface area contributed by atoms with Gasteiger partial charge in [0.1, 0.15) is 0 Å². The Kier molecular flexibility index (Phi) is 3.74. The Morgan fingerprint density at radius 3 is 2.15 bits per heavy atom. The molecule has 0 spiro atoms. The largest absolute Gasteiger partial charge is 0.353 e. The van der Waals surface area contributed by atoms with Crippen molar-refractivity contribution in [2.24, 2.45) is 17.8 Å². The normalized spacial score (nSPS) is 46.4. The molecule has 0 N–H and O–H groups in total. The van der Waals surface area contributed by atoms with E-state index in [0.717, 1.165) is 6.61 Å². The van der Waals surface area contributed by atoms with Gasteiger partial charge in [-0.25, -0.2) is 0 Å². The zero-order chi connectivity index (χ0) is 10.0. The van der Waals surface area contributed by atoms with Gasteiger partial charge in [-0.05, 0) is 25.7 Å². The molecule has 1 rings (SSSR count). The first kappa shape index (κ1) is 11.0. The topological polar surface area (TPSA) is 18.5 Å². The SMILES string of the molecule is CCOC1OC(C)C(C)C(C)C1C. The fourth-order valence-electron chi connectivity index (χ4n) is 1.97. The van der Waals surface area contributed by atoms with E-state index >= 15 is 0 Å². The molecule has 0 amide bonds. The van der Waals surface area contributed by atoms with E-state index in [1.807, 2.05) is 6.92 Å². The fourth-order valence-corrected chi connectivity index (χ4v) is 1.97. The third-order valence-corrected chi connectivity index (χ3v) is 3.51. The standard InChI is InChI=1S/C11H22O2/c1-6-12-11-9(4)7(2)8(3)10(5)13-11/h7-11H,6H2,1-5H3. The Hall–Kier alpha value is -0.0800. The highest BCUT2D eigenvalue weighted by Gasteiger charge is 2.37. The highest BCUT2D eigenvalue weighted by atomic mass is 16.7. The van der Waals surface area contributed by atoms with E-state index < -0.39 is 0 Å². The lowest BCUT2D eigenvalue weighted by molar-refractivity contribution is -0.241. The second-order valence-corrected chi connectivity index (χ2v) is 4.24. The van der Waals surface area contributed by atoms with Gasteiger partial charge in [0.25, 0.3) is 0 Å². The molecule has 0 saturated carbocycles. The maximum Gasteiger partial charge on any atom is 0.160 e. The van der Waals surface area contributed by atoms with Crippen LogP contribution in [0.1, 0.15) is 34.6 Å². The van der Waals surface area contributed by atoms with E-state index in [0.29, 0.717) is 23.9 Å². The van der Waals surface area contributed by atoms with Crippen LogP contribution in [0.25, 0.3) is 0 Å². The van der Waals surface area contributed by atoms with Gasteiger partial charge in [0.05, 0.1) is 6.10 Å². The fraction of sp³-hybridized carbons (Fsp3) is 1.00. The summed E-state index contributed by atoms with van der Waals surface area (Å²) in [6.07, 6.45) is 0.328. The van der Waals surface area contributed by atoms with Crippen LogP contribution in [0.3, 0.4) is 0 Å². The first-order valence-electron chi connectivity index (χ1n) is 5.35. The van der Waals surface area contributed by atoms with Gasteiger partial charge in [0.15, 0.2) is 6.29 Å².